The van der Waals surface area contributed by atoms with Crippen LogP contribution in [-0.4, -0.2) is 48.7 Å². The standard InChI is InChI=1S/C26H26IN3O2/c27-19-13-18(14-20(28)15-19)16-29-9-11-30(12-10-29)26(31)32-17-25-23-7-3-1-5-21(23)22-6-2-4-8-24(22)25/h1-8,13-15,25H,9-12,16-17,28H2. The Morgan fingerprint density at radius 3 is 2.19 bits per heavy atom. The molecule has 1 saturated heterocycles. The molecule has 5 rings (SSSR count). The molecule has 6 heteroatoms. The predicted molar refractivity (Wildman–Crippen MR) is 135 cm³/mol. The maximum Gasteiger partial charge on any atom is 0.409 e. The lowest BCUT2D eigenvalue weighted by Crippen LogP contribution is -2.48. The summed E-state index contributed by atoms with van der Waals surface area (Å²) >= 11 is 2.29. The number of benzene rings is 3. The van der Waals surface area contributed by atoms with Gasteiger partial charge in [-0.3, -0.25) is 4.90 Å². The minimum absolute atomic E-state index is 0.0960. The minimum Gasteiger partial charge on any atom is -0.448 e. The highest BCUT2D eigenvalue weighted by Crippen LogP contribution is 2.44. The molecule has 1 amide bonds. The van der Waals surface area contributed by atoms with Crippen molar-refractivity contribution in [1.82, 2.24) is 9.80 Å². The van der Waals surface area contributed by atoms with E-state index in [0.29, 0.717) is 19.7 Å². The van der Waals surface area contributed by atoms with E-state index in [2.05, 4.69) is 82.1 Å². The molecule has 1 aliphatic heterocycles. The number of nitrogens with two attached hydrogens (primary N) is 1. The molecule has 0 radical (unpaired) electrons. The van der Waals surface area contributed by atoms with E-state index in [-0.39, 0.29) is 12.0 Å². The summed E-state index contributed by atoms with van der Waals surface area (Å²) in [5.74, 6) is 0.0960. The fourth-order valence-electron chi connectivity index (χ4n) is 4.80. The van der Waals surface area contributed by atoms with Crippen molar-refractivity contribution in [3.05, 3.63) is 87.0 Å². The second kappa shape index (κ2) is 9.11. The number of carbonyl (C=O) groups excluding carboxylic acids is 1. The Hall–Kier alpha value is -2.58. The van der Waals surface area contributed by atoms with Crippen LogP contribution in [0.4, 0.5) is 10.5 Å². The second-order valence-electron chi connectivity index (χ2n) is 8.46. The van der Waals surface area contributed by atoms with Gasteiger partial charge in [0.15, 0.2) is 0 Å². The Balaban J connectivity index is 1.17. The van der Waals surface area contributed by atoms with Gasteiger partial charge in [-0.2, -0.15) is 0 Å². The zero-order valence-electron chi connectivity index (χ0n) is 17.8. The zero-order chi connectivity index (χ0) is 22.1. The molecule has 0 unspecified atom stereocenters. The first-order valence-corrected chi connectivity index (χ1v) is 12.0. The second-order valence-corrected chi connectivity index (χ2v) is 9.71. The number of fused-ring (bicyclic) bond motifs is 3. The molecule has 0 atom stereocenters. The third kappa shape index (κ3) is 4.34. The van der Waals surface area contributed by atoms with Crippen molar-refractivity contribution in [2.75, 3.05) is 38.5 Å². The number of ether oxygens (including phenoxy) is 1. The summed E-state index contributed by atoms with van der Waals surface area (Å²) in [6.45, 7) is 4.23. The smallest absolute Gasteiger partial charge is 0.409 e. The van der Waals surface area contributed by atoms with Crippen molar-refractivity contribution >= 4 is 34.4 Å². The number of amides is 1. The van der Waals surface area contributed by atoms with Crippen LogP contribution in [0.2, 0.25) is 0 Å². The van der Waals surface area contributed by atoms with Crippen LogP contribution in [-0.2, 0) is 11.3 Å². The third-order valence-electron chi connectivity index (χ3n) is 6.35. The molecule has 1 aliphatic carbocycles. The van der Waals surface area contributed by atoms with Gasteiger partial charge in [0.25, 0.3) is 0 Å². The highest BCUT2D eigenvalue weighted by atomic mass is 127. The topological polar surface area (TPSA) is 58.8 Å². The lowest BCUT2D eigenvalue weighted by molar-refractivity contribution is 0.0728. The van der Waals surface area contributed by atoms with Gasteiger partial charge < -0.3 is 15.4 Å². The average Bonchev–Trinajstić information content (AvgIpc) is 3.11. The van der Waals surface area contributed by atoms with Crippen LogP contribution in [0.15, 0.2) is 66.7 Å². The molecule has 0 saturated carbocycles. The molecule has 1 fully saturated rings. The van der Waals surface area contributed by atoms with Crippen LogP contribution in [0.5, 0.6) is 0 Å². The van der Waals surface area contributed by atoms with Crippen molar-refractivity contribution in [1.29, 1.82) is 0 Å². The molecule has 1 heterocycles. The van der Waals surface area contributed by atoms with E-state index >= 15 is 0 Å². The Bertz CT molecular complexity index is 1080. The Labute approximate surface area is 202 Å². The molecule has 2 N–H and O–H groups in total. The highest BCUT2D eigenvalue weighted by molar-refractivity contribution is 14.1. The molecule has 2 aliphatic rings. The average molecular weight is 539 g/mol. The molecule has 164 valence electrons. The zero-order valence-corrected chi connectivity index (χ0v) is 20.0. The van der Waals surface area contributed by atoms with Crippen molar-refractivity contribution in [2.45, 2.75) is 12.5 Å². The van der Waals surface area contributed by atoms with Gasteiger partial charge in [0.05, 0.1) is 0 Å². The monoisotopic (exact) mass is 539 g/mol. The summed E-state index contributed by atoms with van der Waals surface area (Å²) in [5, 5.41) is 0. The summed E-state index contributed by atoms with van der Waals surface area (Å²) in [4.78, 5) is 17.0. The SMILES string of the molecule is Nc1cc(I)cc(CN2CCN(C(=O)OCC3c4ccccc4-c4ccccc43)CC2)c1. The summed E-state index contributed by atoms with van der Waals surface area (Å²) in [7, 11) is 0. The normalized spacial score (nSPS) is 16.0. The number of rotatable bonds is 4. The van der Waals surface area contributed by atoms with Crippen molar-refractivity contribution in [3.8, 4) is 11.1 Å². The molecule has 5 nitrogen and oxygen atoms in total. The number of hydrogen-bond acceptors (Lipinski definition) is 4. The van der Waals surface area contributed by atoms with Gasteiger partial charge >= 0.3 is 6.09 Å². The summed E-state index contributed by atoms with van der Waals surface area (Å²) in [6, 6.07) is 23.0. The van der Waals surface area contributed by atoms with E-state index < -0.39 is 0 Å². The summed E-state index contributed by atoms with van der Waals surface area (Å²) in [5.41, 5.74) is 13.0. The van der Waals surface area contributed by atoms with Crippen LogP contribution in [0.1, 0.15) is 22.6 Å². The van der Waals surface area contributed by atoms with Gasteiger partial charge in [0.2, 0.25) is 0 Å². The molecular weight excluding hydrogens is 513 g/mol. The van der Waals surface area contributed by atoms with Crippen molar-refractivity contribution in [2.24, 2.45) is 0 Å². The number of piperazine rings is 1. The van der Waals surface area contributed by atoms with Gasteiger partial charge in [-0.15, -0.1) is 0 Å². The first-order chi connectivity index (χ1) is 15.6. The van der Waals surface area contributed by atoms with E-state index in [9.17, 15) is 4.79 Å². The number of hydrogen-bond donors (Lipinski definition) is 1. The van der Waals surface area contributed by atoms with Gasteiger partial charge in [-0.25, -0.2) is 4.79 Å². The van der Waals surface area contributed by atoms with Gasteiger partial charge in [0.1, 0.15) is 6.61 Å². The number of nitrogen functional groups attached to an aromatic ring is 1. The van der Waals surface area contributed by atoms with E-state index in [1.807, 2.05) is 17.0 Å². The fraction of sp³-hybridized carbons (Fsp3) is 0.269. The lowest BCUT2D eigenvalue weighted by atomic mass is 9.98. The maximum absolute atomic E-state index is 12.8. The fourth-order valence-corrected chi connectivity index (χ4v) is 5.56. The number of carbonyl (C=O) groups is 1. The van der Waals surface area contributed by atoms with Crippen LogP contribution < -0.4 is 5.73 Å². The Morgan fingerprint density at radius 1 is 0.938 bits per heavy atom. The highest BCUT2D eigenvalue weighted by Gasteiger charge is 2.30. The first-order valence-electron chi connectivity index (χ1n) is 11.0. The molecule has 3 aromatic carbocycles. The minimum atomic E-state index is -0.218. The number of nitrogens with zero attached hydrogens (tertiary/aromatic N) is 2. The molecule has 0 bridgehead atoms. The van der Waals surface area contributed by atoms with Crippen LogP contribution in [0, 0.1) is 3.57 Å². The van der Waals surface area contributed by atoms with Crippen molar-refractivity contribution < 1.29 is 9.53 Å². The molecule has 32 heavy (non-hydrogen) atoms. The summed E-state index contributed by atoms with van der Waals surface area (Å²) < 4.78 is 6.96. The van der Waals surface area contributed by atoms with E-state index in [1.165, 1.54) is 27.8 Å². The quantitative estimate of drug-likeness (QED) is 0.377. The summed E-state index contributed by atoms with van der Waals surface area (Å²) in [6.07, 6.45) is -0.218. The van der Waals surface area contributed by atoms with Gasteiger partial charge in [-0.1, -0.05) is 48.5 Å². The molecule has 0 aromatic heterocycles. The van der Waals surface area contributed by atoms with Crippen LogP contribution in [0.3, 0.4) is 0 Å². The van der Waals surface area contributed by atoms with Gasteiger partial charge in [0, 0.05) is 47.9 Å². The largest absolute Gasteiger partial charge is 0.448 e. The van der Waals surface area contributed by atoms with Crippen LogP contribution >= 0.6 is 22.6 Å². The molecular formula is C26H26IN3O2. The van der Waals surface area contributed by atoms with E-state index in [4.69, 9.17) is 10.5 Å². The van der Waals surface area contributed by atoms with Crippen LogP contribution in [0.25, 0.3) is 11.1 Å². The Kier molecular flexibility index (Phi) is 6.06. The third-order valence-corrected chi connectivity index (χ3v) is 6.98. The van der Waals surface area contributed by atoms with E-state index in [1.54, 1.807) is 0 Å². The van der Waals surface area contributed by atoms with E-state index in [0.717, 1.165) is 28.9 Å². The Morgan fingerprint density at radius 2 is 1.56 bits per heavy atom. The first kappa shape index (κ1) is 21.3. The maximum atomic E-state index is 12.8. The van der Waals surface area contributed by atoms with Gasteiger partial charge in [-0.05, 0) is 68.6 Å². The number of anilines is 1. The van der Waals surface area contributed by atoms with Crippen molar-refractivity contribution in [3.63, 3.8) is 0 Å². The molecule has 3 aromatic rings. The number of halogens is 1. The lowest BCUT2D eigenvalue weighted by Gasteiger charge is -2.34. The molecule has 0 spiro atoms. The predicted octanol–water partition coefficient (Wildman–Crippen LogP) is 4.94.